The van der Waals surface area contributed by atoms with E-state index in [-0.39, 0.29) is 16.8 Å². The molecule has 0 saturated heterocycles. The van der Waals surface area contributed by atoms with Gasteiger partial charge in [-0.15, -0.1) is 0 Å². The molecule has 0 radical (unpaired) electrons. The summed E-state index contributed by atoms with van der Waals surface area (Å²) in [6, 6.07) is 7.87. The Balaban J connectivity index is 1.56. The fourth-order valence-corrected chi connectivity index (χ4v) is 2.83. The first-order chi connectivity index (χ1) is 13.6. The van der Waals surface area contributed by atoms with Crippen LogP contribution in [0.15, 0.2) is 48.9 Å². The lowest BCUT2D eigenvalue weighted by atomic mass is 10.2. The molecule has 1 aromatic carbocycles. The van der Waals surface area contributed by atoms with Crippen LogP contribution < -0.4 is 15.4 Å². The minimum atomic E-state index is -0.485. The van der Waals surface area contributed by atoms with Gasteiger partial charge in [-0.2, -0.15) is 0 Å². The number of anilines is 1. The molecule has 3 rings (SSSR count). The molecule has 8 heteroatoms. The molecular formula is C20H21FN4O2S. The molecule has 0 aliphatic rings. The Morgan fingerprint density at radius 2 is 2.14 bits per heavy atom. The third-order valence-electron chi connectivity index (χ3n) is 4.07. The number of thiocarbonyl (C=S) groups is 1. The molecule has 0 atom stereocenters. The lowest BCUT2D eigenvalue weighted by Gasteiger charge is -2.12. The lowest BCUT2D eigenvalue weighted by Crippen LogP contribution is -2.34. The van der Waals surface area contributed by atoms with Gasteiger partial charge in [-0.25, -0.2) is 9.37 Å². The van der Waals surface area contributed by atoms with E-state index in [1.54, 1.807) is 47.3 Å². The number of halogens is 1. The molecule has 146 valence electrons. The number of pyridine rings is 1. The van der Waals surface area contributed by atoms with Gasteiger partial charge in [0.05, 0.1) is 12.2 Å². The Hall–Kier alpha value is -3.00. The number of imidazole rings is 1. The zero-order valence-electron chi connectivity index (χ0n) is 15.4. The van der Waals surface area contributed by atoms with Crippen LogP contribution in [0.5, 0.6) is 5.75 Å². The summed E-state index contributed by atoms with van der Waals surface area (Å²) < 4.78 is 21.3. The van der Waals surface area contributed by atoms with Crippen LogP contribution in [0.2, 0.25) is 0 Å². The van der Waals surface area contributed by atoms with Gasteiger partial charge in [-0.1, -0.05) is 19.8 Å². The number of amides is 1. The van der Waals surface area contributed by atoms with Crippen LogP contribution in [0.3, 0.4) is 0 Å². The average molecular weight is 400 g/mol. The molecule has 1 amide bonds. The van der Waals surface area contributed by atoms with Gasteiger partial charge in [0, 0.05) is 30.3 Å². The number of carbonyl (C=O) groups excluding carboxylic acids is 1. The van der Waals surface area contributed by atoms with Crippen LogP contribution in [0.4, 0.5) is 10.1 Å². The molecule has 0 bridgehead atoms. The number of nitrogens with one attached hydrogen (secondary N) is 2. The molecule has 6 nitrogen and oxygen atoms in total. The van der Waals surface area contributed by atoms with Crippen molar-refractivity contribution in [3.63, 3.8) is 0 Å². The first kappa shape index (κ1) is 19.8. The van der Waals surface area contributed by atoms with Crippen LogP contribution in [0, 0.1) is 5.82 Å². The highest BCUT2D eigenvalue weighted by Crippen LogP contribution is 2.21. The molecule has 0 saturated carbocycles. The number of unbranched alkanes of at least 4 members (excludes halogenated alkanes) is 2. The van der Waals surface area contributed by atoms with E-state index in [2.05, 4.69) is 22.5 Å². The van der Waals surface area contributed by atoms with Crippen LogP contribution in [-0.4, -0.2) is 27.0 Å². The van der Waals surface area contributed by atoms with Gasteiger partial charge in [0.25, 0.3) is 5.91 Å². The number of rotatable bonds is 7. The van der Waals surface area contributed by atoms with E-state index in [1.807, 2.05) is 0 Å². The number of fused-ring (bicyclic) bond motifs is 1. The standard InChI is InChI=1S/C20H21FN4O2S/c1-2-3-4-11-27-17-7-6-15(12-16(17)21)23-20(28)24-19(26)14-5-8-18-22-9-10-25(18)13-14/h5-10,12-13H,2-4,11H2,1H3,(H2,23,24,26,28). The third-order valence-corrected chi connectivity index (χ3v) is 4.28. The highest BCUT2D eigenvalue weighted by Gasteiger charge is 2.11. The predicted octanol–water partition coefficient (Wildman–Crippen LogP) is 4.17. The Morgan fingerprint density at radius 1 is 1.29 bits per heavy atom. The highest BCUT2D eigenvalue weighted by molar-refractivity contribution is 7.80. The molecule has 28 heavy (non-hydrogen) atoms. The Morgan fingerprint density at radius 3 is 2.93 bits per heavy atom. The van der Waals surface area contributed by atoms with Gasteiger partial charge < -0.3 is 14.5 Å². The summed E-state index contributed by atoms with van der Waals surface area (Å²) in [5, 5.41) is 5.46. The van der Waals surface area contributed by atoms with E-state index in [9.17, 15) is 9.18 Å². The largest absolute Gasteiger partial charge is 0.491 e. The summed E-state index contributed by atoms with van der Waals surface area (Å²) in [5.41, 5.74) is 1.59. The minimum absolute atomic E-state index is 0.0757. The maximum atomic E-state index is 14.2. The molecule has 2 heterocycles. The minimum Gasteiger partial charge on any atom is -0.491 e. The number of aromatic nitrogens is 2. The van der Waals surface area contributed by atoms with Gasteiger partial charge in [0.1, 0.15) is 5.65 Å². The van der Waals surface area contributed by atoms with E-state index in [0.29, 0.717) is 17.9 Å². The monoisotopic (exact) mass is 400 g/mol. The van der Waals surface area contributed by atoms with Crippen molar-refractivity contribution in [2.75, 3.05) is 11.9 Å². The third kappa shape index (κ3) is 5.04. The zero-order chi connectivity index (χ0) is 19.9. The van der Waals surface area contributed by atoms with Crippen molar-refractivity contribution in [2.45, 2.75) is 26.2 Å². The van der Waals surface area contributed by atoms with E-state index < -0.39 is 5.82 Å². The van der Waals surface area contributed by atoms with Gasteiger partial charge in [-0.3, -0.25) is 10.1 Å². The van der Waals surface area contributed by atoms with Crippen molar-refractivity contribution in [3.8, 4) is 5.75 Å². The second-order valence-corrected chi connectivity index (χ2v) is 6.63. The van der Waals surface area contributed by atoms with Crippen LogP contribution in [0.1, 0.15) is 36.5 Å². The first-order valence-electron chi connectivity index (χ1n) is 9.04. The number of hydrogen-bond acceptors (Lipinski definition) is 4. The van der Waals surface area contributed by atoms with Gasteiger partial charge in [0.15, 0.2) is 16.7 Å². The van der Waals surface area contributed by atoms with Crippen molar-refractivity contribution >= 4 is 34.6 Å². The number of hydrogen-bond donors (Lipinski definition) is 2. The van der Waals surface area contributed by atoms with E-state index in [4.69, 9.17) is 17.0 Å². The van der Waals surface area contributed by atoms with Gasteiger partial charge >= 0.3 is 0 Å². The van der Waals surface area contributed by atoms with Crippen molar-refractivity contribution in [1.29, 1.82) is 0 Å². The number of carbonyl (C=O) groups is 1. The zero-order valence-corrected chi connectivity index (χ0v) is 16.3. The van der Waals surface area contributed by atoms with E-state index >= 15 is 0 Å². The fourth-order valence-electron chi connectivity index (χ4n) is 2.62. The van der Waals surface area contributed by atoms with Crippen LogP contribution in [-0.2, 0) is 0 Å². The summed E-state index contributed by atoms with van der Waals surface area (Å²) in [4.78, 5) is 16.5. The normalized spacial score (nSPS) is 10.6. The molecule has 0 aliphatic carbocycles. The second-order valence-electron chi connectivity index (χ2n) is 6.22. The maximum Gasteiger partial charge on any atom is 0.258 e. The Labute approximate surface area is 167 Å². The lowest BCUT2D eigenvalue weighted by molar-refractivity contribution is 0.0977. The molecule has 0 unspecified atom stereocenters. The summed E-state index contributed by atoms with van der Waals surface area (Å²) in [6.07, 6.45) is 8.06. The van der Waals surface area contributed by atoms with Crippen molar-refractivity contribution < 1.29 is 13.9 Å². The van der Waals surface area contributed by atoms with Gasteiger partial charge in [-0.05, 0) is 42.9 Å². The Bertz CT molecular complexity index is 989. The summed E-state index contributed by atoms with van der Waals surface area (Å²) in [7, 11) is 0. The van der Waals surface area contributed by atoms with Crippen molar-refractivity contribution in [2.24, 2.45) is 0 Å². The summed E-state index contributed by atoms with van der Waals surface area (Å²) in [6.45, 7) is 2.58. The van der Waals surface area contributed by atoms with Crippen molar-refractivity contribution in [3.05, 3.63) is 60.3 Å². The van der Waals surface area contributed by atoms with E-state index in [1.165, 1.54) is 6.07 Å². The molecule has 0 aliphatic heterocycles. The molecule has 3 aromatic rings. The second kappa shape index (κ2) is 9.27. The van der Waals surface area contributed by atoms with E-state index in [0.717, 1.165) is 24.9 Å². The molecular weight excluding hydrogens is 379 g/mol. The predicted molar refractivity (Wildman–Crippen MR) is 110 cm³/mol. The smallest absolute Gasteiger partial charge is 0.258 e. The van der Waals surface area contributed by atoms with Crippen molar-refractivity contribution in [1.82, 2.24) is 14.7 Å². The summed E-state index contributed by atoms with van der Waals surface area (Å²) in [5.74, 6) is -0.657. The average Bonchev–Trinajstić information content (AvgIpc) is 3.14. The quantitative estimate of drug-likeness (QED) is 0.460. The number of nitrogens with zero attached hydrogens (tertiary/aromatic N) is 2. The maximum absolute atomic E-state index is 14.2. The highest BCUT2D eigenvalue weighted by atomic mass is 32.1. The van der Waals surface area contributed by atoms with Crippen LogP contribution in [0.25, 0.3) is 5.65 Å². The fraction of sp³-hybridized carbons (Fsp3) is 0.250. The summed E-state index contributed by atoms with van der Waals surface area (Å²) >= 11 is 5.15. The van der Waals surface area contributed by atoms with Crippen LogP contribution >= 0.6 is 12.2 Å². The molecule has 0 spiro atoms. The topological polar surface area (TPSA) is 67.7 Å². The van der Waals surface area contributed by atoms with Gasteiger partial charge in [0.2, 0.25) is 0 Å². The molecule has 2 aromatic heterocycles. The number of ether oxygens (including phenoxy) is 1. The first-order valence-corrected chi connectivity index (χ1v) is 9.45. The Kier molecular flexibility index (Phi) is 6.54. The molecule has 0 fully saturated rings. The number of benzene rings is 1. The SMILES string of the molecule is CCCCCOc1ccc(NC(=S)NC(=O)c2ccc3nccn3c2)cc1F. The molecule has 2 N–H and O–H groups in total.